The van der Waals surface area contributed by atoms with Crippen LogP contribution in [0.3, 0.4) is 0 Å². The second kappa shape index (κ2) is 10.6. The Bertz CT molecular complexity index is 848. The summed E-state index contributed by atoms with van der Waals surface area (Å²) in [7, 11) is 0. The molecule has 2 aromatic carbocycles. The van der Waals surface area contributed by atoms with Crippen molar-refractivity contribution in [2.45, 2.75) is 26.4 Å². The van der Waals surface area contributed by atoms with Gasteiger partial charge in [0.15, 0.2) is 0 Å². The van der Waals surface area contributed by atoms with Gasteiger partial charge in [-0.1, -0.05) is 13.0 Å². The van der Waals surface area contributed by atoms with E-state index < -0.39 is 0 Å². The lowest BCUT2D eigenvalue weighted by Crippen LogP contribution is -2.40. The molecule has 0 saturated carbocycles. The maximum atomic E-state index is 12.5. The third kappa shape index (κ3) is 6.22. The van der Waals surface area contributed by atoms with Crippen molar-refractivity contribution in [1.29, 1.82) is 0 Å². The summed E-state index contributed by atoms with van der Waals surface area (Å²) >= 11 is 0. The van der Waals surface area contributed by atoms with Crippen molar-refractivity contribution in [2.24, 2.45) is 0 Å². The standard InChI is InChI=1S/C23H29N3O4/c1-3-17(2)30-21-6-4-5-20(15-21)25-22(27)16-24-19-9-7-18(8-10-19)23(28)26-11-13-29-14-12-26/h4-10,15,17,24H,3,11-14,16H2,1-2H3,(H,25,27). The average molecular weight is 412 g/mol. The third-order valence-electron chi connectivity index (χ3n) is 4.91. The minimum absolute atomic E-state index is 0.00193. The monoisotopic (exact) mass is 411 g/mol. The van der Waals surface area contributed by atoms with E-state index in [1.807, 2.05) is 43.3 Å². The van der Waals surface area contributed by atoms with Crippen molar-refractivity contribution in [2.75, 3.05) is 43.5 Å². The van der Waals surface area contributed by atoms with Gasteiger partial charge in [0.1, 0.15) is 5.75 Å². The summed E-state index contributed by atoms with van der Waals surface area (Å²) in [5.41, 5.74) is 2.09. The van der Waals surface area contributed by atoms with Gasteiger partial charge in [-0.05, 0) is 49.7 Å². The summed E-state index contributed by atoms with van der Waals surface area (Å²) in [5, 5.41) is 5.94. The Labute approximate surface area is 177 Å². The molecule has 0 aliphatic carbocycles. The van der Waals surface area contributed by atoms with E-state index in [2.05, 4.69) is 17.6 Å². The van der Waals surface area contributed by atoms with E-state index in [4.69, 9.17) is 9.47 Å². The Morgan fingerprint density at radius 3 is 2.53 bits per heavy atom. The molecular formula is C23H29N3O4. The highest BCUT2D eigenvalue weighted by molar-refractivity contribution is 5.95. The van der Waals surface area contributed by atoms with Gasteiger partial charge in [-0.2, -0.15) is 0 Å². The zero-order chi connectivity index (χ0) is 21.3. The molecule has 0 radical (unpaired) electrons. The second-order valence-electron chi connectivity index (χ2n) is 7.25. The summed E-state index contributed by atoms with van der Waals surface area (Å²) in [6, 6.07) is 14.5. The number of carbonyl (C=O) groups is 2. The lowest BCUT2D eigenvalue weighted by molar-refractivity contribution is -0.114. The number of nitrogens with one attached hydrogen (secondary N) is 2. The van der Waals surface area contributed by atoms with Crippen LogP contribution in [0.25, 0.3) is 0 Å². The van der Waals surface area contributed by atoms with Crippen LogP contribution in [-0.4, -0.2) is 55.7 Å². The highest BCUT2D eigenvalue weighted by atomic mass is 16.5. The van der Waals surface area contributed by atoms with Gasteiger partial charge in [0.05, 0.1) is 25.9 Å². The quantitative estimate of drug-likeness (QED) is 0.696. The van der Waals surface area contributed by atoms with Crippen molar-refractivity contribution in [3.8, 4) is 5.75 Å². The van der Waals surface area contributed by atoms with Crippen molar-refractivity contribution in [1.82, 2.24) is 4.90 Å². The maximum Gasteiger partial charge on any atom is 0.254 e. The Morgan fingerprint density at radius 2 is 1.83 bits per heavy atom. The first-order valence-electron chi connectivity index (χ1n) is 10.3. The normalized spacial score (nSPS) is 14.7. The molecule has 7 heteroatoms. The number of ether oxygens (including phenoxy) is 2. The fourth-order valence-electron chi connectivity index (χ4n) is 3.03. The lowest BCUT2D eigenvalue weighted by Gasteiger charge is -2.26. The molecule has 1 atom stereocenters. The van der Waals surface area contributed by atoms with Crippen LogP contribution in [0.15, 0.2) is 48.5 Å². The molecule has 1 fully saturated rings. The number of benzene rings is 2. The fourth-order valence-corrected chi connectivity index (χ4v) is 3.03. The topological polar surface area (TPSA) is 79.9 Å². The Hall–Kier alpha value is -3.06. The van der Waals surface area contributed by atoms with E-state index in [1.54, 1.807) is 17.0 Å². The van der Waals surface area contributed by atoms with Crippen molar-refractivity contribution in [3.05, 3.63) is 54.1 Å². The highest BCUT2D eigenvalue weighted by Crippen LogP contribution is 2.19. The van der Waals surface area contributed by atoms with E-state index in [1.165, 1.54) is 0 Å². The van der Waals surface area contributed by atoms with Crippen LogP contribution in [0, 0.1) is 0 Å². The van der Waals surface area contributed by atoms with E-state index in [9.17, 15) is 9.59 Å². The van der Waals surface area contributed by atoms with Crippen LogP contribution in [-0.2, 0) is 9.53 Å². The minimum atomic E-state index is -0.163. The number of rotatable bonds is 8. The molecule has 0 bridgehead atoms. The van der Waals surface area contributed by atoms with Gasteiger partial charge in [0.2, 0.25) is 5.91 Å². The number of hydrogen-bond acceptors (Lipinski definition) is 5. The Balaban J connectivity index is 1.49. The van der Waals surface area contributed by atoms with E-state index in [0.717, 1.165) is 17.9 Å². The molecule has 2 N–H and O–H groups in total. The number of anilines is 2. The van der Waals surface area contributed by atoms with E-state index >= 15 is 0 Å². The van der Waals surface area contributed by atoms with Crippen LogP contribution in [0.4, 0.5) is 11.4 Å². The molecule has 1 saturated heterocycles. The maximum absolute atomic E-state index is 12.5. The van der Waals surface area contributed by atoms with E-state index in [0.29, 0.717) is 37.6 Å². The first kappa shape index (κ1) is 21.6. The first-order valence-corrected chi connectivity index (χ1v) is 10.3. The molecular weight excluding hydrogens is 382 g/mol. The lowest BCUT2D eigenvalue weighted by atomic mass is 10.1. The van der Waals surface area contributed by atoms with Crippen LogP contribution in [0.2, 0.25) is 0 Å². The molecule has 7 nitrogen and oxygen atoms in total. The zero-order valence-corrected chi connectivity index (χ0v) is 17.5. The van der Waals surface area contributed by atoms with Crippen LogP contribution < -0.4 is 15.4 Å². The van der Waals surface area contributed by atoms with E-state index in [-0.39, 0.29) is 24.5 Å². The Morgan fingerprint density at radius 1 is 1.10 bits per heavy atom. The minimum Gasteiger partial charge on any atom is -0.491 e. The SMILES string of the molecule is CCC(C)Oc1cccc(NC(=O)CNc2ccc(C(=O)N3CCOCC3)cc2)c1. The van der Waals surface area contributed by atoms with Gasteiger partial charge >= 0.3 is 0 Å². The molecule has 2 amide bonds. The van der Waals surface area contributed by atoms with Crippen LogP contribution in [0.5, 0.6) is 5.75 Å². The van der Waals surface area contributed by atoms with Gasteiger partial charge in [-0.15, -0.1) is 0 Å². The van der Waals surface area contributed by atoms with Gasteiger partial charge < -0.3 is 25.0 Å². The van der Waals surface area contributed by atoms with Gasteiger partial charge in [-0.3, -0.25) is 9.59 Å². The smallest absolute Gasteiger partial charge is 0.254 e. The highest BCUT2D eigenvalue weighted by Gasteiger charge is 2.18. The largest absolute Gasteiger partial charge is 0.491 e. The number of hydrogen-bond donors (Lipinski definition) is 2. The number of amides is 2. The summed E-state index contributed by atoms with van der Waals surface area (Å²) in [6.45, 7) is 6.57. The fraction of sp³-hybridized carbons (Fsp3) is 0.391. The zero-order valence-electron chi connectivity index (χ0n) is 17.5. The van der Waals surface area contributed by atoms with Gasteiger partial charge in [0.25, 0.3) is 5.91 Å². The molecule has 2 aromatic rings. The first-order chi connectivity index (χ1) is 14.5. The predicted molar refractivity (Wildman–Crippen MR) is 117 cm³/mol. The molecule has 0 aromatic heterocycles. The number of morpholine rings is 1. The van der Waals surface area contributed by atoms with Crippen LogP contribution in [0.1, 0.15) is 30.6 Å². The molecule has 1 aliphatic heterocycles. The molecule has 1 heterocycles. The summed E-state index contributed by atoms with van der Waals surface area (Å²) < 4.78 is 11.1. The van der Waals surface area contributed by atoms with Gasteiger partial charge in [0, 0.05) is 36.1 Å². The van der Waals surface area contributed by atoms with Crippen molar-refractivity contribution >= 4 is 23.2 Å². The second-order valence-corrected chi connectivity index (χ2v) is 7.25. The molecule has 1 aliphatic rings. The van der Waals surface area contributed by atoms with Crippen LogP contribution >= 0.6 is 0 Å². The molecule has 160 valence electrons. The predicted octanol–water partition coefficient (Wildman–Crippen LogP) is 3.39. The third-order valence-corrected chi connectivity index (χ3v) is 4.91. The molecule has 1 unspecified atom stereocenters. The van der Waals surface area contributed by atoms with Gasteiger partial charge in [-0.25, -0.2) is 0 Å². The summed E-state index contributed by atoms with van der Waals surface area (Å²) in [5.74, 6) is 0.571. The summed E-state index contributed by atoms with van der Waals surface area (Å²) in [6.07, 6.45) is 1.04. The summed E-state index contributed by atoms with van der Waals surface area (Å²) in [4.78, 5) is 26.5. The Kier molecular flexibility index (Phi) is 7.68. The van der Waals surface area contributed by atoms with Crippen molar-refractivity contribution in [3.63, 3.8) is 0 Å². The van der Waals surface area contributed by atoms with Crippen molar-refractivity contribution < 1.29 is 19.1 Å². The molecule has 3 rings (SSSR count). The average Bonchev–Trinajstić information content (AvgIpc) is 2.78. The number of nitrogens with zero attached hydrogens (tertiary/aromatic N) is 1. The molecule has 30 heavy (non-hydrogen) atoms. The number of carbonyl (C=O) groups excluding carboxylic acids is 2. The molecule has 0 spiro atoms.